The Balaban J connectivity index is 0.00000272. The van der Waals surface area contributed by atoms with Crippen LogP contribution < -0.4 is 0 Å². The van der Waals surface area contributed by atoms with Gasteiger partial charge in [0.2, 0.25) is 0 Å². The molecule has 0 unspecified atom stereocenters. The number of hydrogen-bond donors (Lipinski definition) is 1. The molecule has 4 rings (SSSR count). The van der Waals surface area contributed by atoms with Crippen molar-refractivity contribution in [3.05, 3.63) is 72.4 Å². The van der Waals surface area contributed by atoms with Crippen LogP contribution in [0.15, 0.2) is 61.1 Å². The maximum absolute atomic E-state index is 13.6. The number of nitrogens with zero attached hydrogens (tertiary/aromatic N) is 4. The summed E-state index contributed by atoms with van der Waals surface area (Å²) >= 11 is 0. The van der Waals surface area contributed by atoms with Gasteiger partial charge in [-0.1, -0.05) is 30.3 Å². The molecule has 3 aromatic rings. The second-order valence-electron chi connectivity index (χ2n) is 7.72. The molecule has 6 nitrogen and oxygen atoms in total. The van der Waals surface area contributed by atoms with E-state index >= 15 is 0 Å². The summed E-state index contributed by atoms with van der Waals surface area (Å²) in [5.41, 5.74) is 2.29. The smallest absolute Gasteiger partial charge is 0.329 e. The van der Waals surface area contributed by atoms with E-state index in [2.05, 4.69) is 34.1 Å². The largest absolute Gasteiger partial charge is 0.505 e. The van der Waals surface area contributed by atoms with E-state index in [1.54, 1.807) is 17.2 Å². The highest BCUT2D eigenvalue weighted by atomic mass is 79.9. The van der Waals surface area contributed by atoms with E-state index in [9.17, 15) is 14.3 Å². The molecule has 31 heavy (non-hydrogen) atoms. The molecular formula is C23H26BrFN4O2. The molecule has 1 amide bonds. The van der Waals surface area contributed by atoms with E-state index in [4.69, 9.17) is 0 Å². The van der Waals surface area contributed by atoms with E-state index in [-0.39, 0.29) is 29.1 Å². The number of aromatic hydroxyl groups is 1. The van der Waals surface area contributed by atoms with E-state index in [0.29, 0.717) is 11.3 Å². The van der Waals surface area contributed by atoms with Crippen molar-refractivity contribution >= 4 is 23.0 Å². The quantitative estimate of drug-likeness (QED) is 0.585. The number of amides is 1. The normalized spacial score (nSPS) is 14.8. The zero-order chi connectivity index (χ0) is 21.1. The number of carbonyl (C=O) groups is 1. The average molecular weight is 489 g/mol. The third kappa shape index (κ3) is 5.32. The van der Waals surface area contributed by atoms with Gasteiger partial charge in [-0.25, -0.2) is 14.2 Å². The number of phenolic OH excluding ortho intramolecular Hbond substituents is 1. The van der Waals surface area contributed by atoms with Crippen molar-refractivity contribution in [1.82, 2.24) is 19.4 Å². The standard InChI is InChI=1S/C23H25FN4O2.BrH/c1-26(19-9-11-27(12-10-19)14-17-5-3-2-4-6-17)23(30)28-15-21(25-16-28)18-7-8-22(29)20(24)13-18;/h2-8,13,15-16,19,29H,9-12,14H2,1H3;1H. The first kappa shape index (κ1) is 23.0. The molecule has 0 spiro atoms. The average Bonchev–Trinajstić information content (AvgIpc) is 3.26. The Kier molecular flexibility index (Phi) is 7.46. The highest BCUT2D eigenvalue weighted by Crippen LogP contribution is 2.24. The number of phenols is 1. The van der Waals surface area contributed by atoms with Crippen LogP contribution in [0.25, 0.3) is 11.3 Å². The minimum absolute atomic E-state index is 0. The number of piperidine rings is 1. The zero-order valence-corrected chi connectivity index (χ0v) is 19.0. The lowest BCUT2D eigenvalue weighted by Crippen LogP contribution is -2.46. The predicted octanol–water partition coefficient (Wildman–Crippen LogP) is 4.54. The van der Waals surface area contributed by atoms with Crippen LogP contribution in [0.4, 0.5) is 9.18 Å². The predicted molar refractivity (Wildman–Crippen MR) is 123 cm³/mol. The van der Waals surface area contributed by atoms with Gasteiger partial charge >= 0.3 is 6.03 Å². The number of rotatable bonds is 4. The summed E-state index contributed by atoms with van der Waals surface area (Å²) in [6.45, 7) is 2.82. The molecule has 2 heterocycles. The number of imidazole rings is 1. The zero-order valence-electron chi connectivity index (χ0n) is 17.3. The maximum atomic E-state index is 13.6. The summed E-state index contributed by atoms with van der Waals surface area (Å²) in [5.74, 6) is -1.12. The molecule has 8 heteroatoms. The van der Waals surface area contributed by atoms with Crippen LogP contribution in [0.2, 0.25) is 0 Å². The monoisotopic (exact) mass is 488 g/mol. The Morgan fingerprint density at radius 2 is 1.90 bits per heavy atom. The molecule has 1 fully saturated rings. The molecule has 2 aromatic carbocycles. The molecule has 0 bridgehead atoms. The lowest BCUT2D eigenvalue weighted by Gasteiger charge is -2.36. The summed E-state index contributed by atoms with van der Waals surface area (Å²) in [6, 6.07) is 14.5. The lowest BCUT2D eigenvalue weighted by molar-refractivity contribution is 0.132. The molecular weight excluding hydrogens is 463 g/mol. The highest BCUT2D eigenvalue weighted by Gasteiger charge is 2.26. The molecule has 1 aromatic heterocycles. The van der Waals surface area contributed by atoms with Gasteiger partial charge in [-0.3, -0.25) is 9.47 Å². The Labute approximate surface area is 191 Å². The fourth-order valence-corrected chi connectivity index (χ4v) is 3.89. The summed E-state index contributed by atoms with van der Waals surface area (Å²) in [5, 5.41) is 9.34. The first-order valence-corrected chi connectivity index (χ1v) is 10.1. The van der Waals surface area contributed by atoms with Crippen LogP contribution >= 0.6 is 17.0 Å². The molecule has 0 aliphatic carbocycles. The van der Waals surface area contributed by atoms with Gasteiger partial charge in [-0.05, 0) is 36.6 Å². The minimum atomic E-state index is -0.715. The fraction of sp³-hybridized carbons (Fsp3) is 0.304. The van der Waals surface area contributed by atoms with Crippen molar-refractivity contribution in [3.8, 4) is 17.0 Å². The number of aromatic nitrogens is 2. The third-order valence-electron chi connectivity index (χ3n) is 5.70. The fourth-order valence-electron chi connectivity index (χ4n) is 3.89. The summed E-state index contributed by atoms with van der Waals surface area (Å²) in [4.78, 5) is 21.3. The minimum Gasteiger partial charge on any atom is -0.505 e. The summed E-state index contributed by atoms with van der Waals surface area (Å²) in [7, 11) is 1.82. The Morgan fingerprint density at radius 1 is 1.19 bits per heavy atom. The van der Waals surface area contributed by atoms with Crippen molar-refractivity contribution in [3.63, 3.8) is 0 Å². The van der Waals surface area contributed by atoms with Crippen molar-refractivity contribution in [1.29, 1.82) is 0 Å². The first-order chi connectivity index (χ1) is 14.5. The number of benzene rings is 2. The van der Waals surface area contributed by atoms with Crippen molar-refractivity contribution < 1.29 is 14.3 Å². The van der Waals surface area contributed by atoms with Crippen LogP contribution in [0, 0.1) is 5.82 Å². The van der Waals surface area contributed by atoms with Gasteiger partial charge in [-0.15, -0.1) is 17.0 Å². The van der Waals surface area contributed by atoms with Crippen molar-refractivity contribution in [2.75, 3.05) is 20.1 Å². The first-order valence-electron chi connectivity index (χ1n) is 10.1. The molecule has 1 aliphatic rings. The number of carbonyl (C=O) groups excluding carboxylic acids is 1. The van der Waals surface area contributed by atoms with Gasteiger partial charge in [0.1, 0.15) is 6.33 Å². The maximum Gasteiger partial charge on any atom is 0.329 e. The third-order valence-corrected chi connectivity index (χ3v) is 5.70. The molecule has 1 saturated heterocycles. The van der Waals surface area contributed by atoms with Crippen LogP contribution in [0.1, 0.15) is 18.4 Å². The lowest BCUT2D eigenvalue weighted by atomic mass is 10.0. The van der Waals surface area contributed by atoms with Crippen molar-refractivity contribution in [2.45, 2.75) is 25.4 Å². The number of likely N-dealkylation sites (tertiary alicyclic amines) is 1. The van der Waals surface area contributed by atoms with Gasteiger partial charge < -0.3 is 10.0 Å². The number of halogens is 2. The molecule has 0 atom stereocenters. The molecule has 0 radical (unpaired) electrons. The number of hydrogen-bond acceptors (Lipinski definition) is 4. The van der Waals surface area contributed by atoms with Crippen molar-refractivity contribution in [2.24, 2.45) is 0 Å². The van der Waals surface area contributed by atoms with Crippen LogP contribution in [0.5, 0.6) is 5.75 Å². The van der Waals surface area contributed by atoms with E-state index < -0.39 is 11.6 Å². The second kappa shape index (κ2) is 10.1. The van der Waals surface area contributed by atoms with Crippen LogP contribution in [-0.2, 0) is 6.54 Å². The Hall–Kier alpha value is -2.71. The summed E-state index contributed by atoms with van der Waals surface area (Å²) in [6.07, 6.45) is 4.87. The van der Waals surface area contributed by atoms with Gasteiger partial charge in [-0.2, -0.15) is 0 Å². The van der Waals surface area contributed by atoms with E-state index in [1.807, 2.05) is 13.1 Å². The molecule has 1 aliphatic heterocycles. The van der Waals surface area contributed by atoms with Crippen LogP contribution in [0.3, 0.4) is 0 Å². The SMILES string of the molecule is Br.CN(C(=O)n1cnc(-c2ccc(O)c(F)c2)c1)C1CCN(Cc2ccccc2)CC1. The molecule has 1 N–H and O–H groups in total. The van der Waals surface area contributed by atoms with Gasteiger partial charge in [0.05, 0.1) is 5.69 Å². The Bertz CT molecular complexity index is 1020. The highest BCUT2D eigenvalue weighted by molar-refractivity contribution is 8.93. The van der Waals surface area contributed by atoms with Gasteiger partial charge in [0.25, 0.3) is 0 Å². The molecule has 164 valence electrons. The van der Waals surface area contributed by atoms with E-state index in [1.165, 1.54) is 28.6 Å². The van der Waals surface area contributed by atoms with E-state index in [0.717, 1.165) is 32.5 Å². The van der Waals surface area contributed by atoms with Crippen LogP contribution in [-0.4, -0.2) is 56.7 Å². The molecule has 0 saturated carbocycles. The van der Waals surface area contributed by atoms with Gasteiger partial charge in [0, 0.05) is 44.5 Å². The Morgan fingerprint density at radius 3 is 2.58 bits per heavy atom. The summed E-state index contributed by atoms with van der Waals surface area (Å²) < 4.78 is 15.0. The second-order valence-corrected chi connectivity index (χ2v) is 7.72. The topological polar surface area (TPSA) is 61.6 Å². The van der Waals surface area contributed by atoms with Gasteiger partial charge in [0.15, 0.2) is 11.6 Å².